The molecule has 3 nitrogen and oxygen atoms in total. The van der Waals surface area contributed by atoms with Gasteiger partial charge in [-0.2, -0.15) is 0 Å². The van der Waals surface area contributed by atoms with Crippen molar-refractivity contribution in [1.82, 2.24) is 0 Å². The zero-order valence-electron chi connectivity index (χ0n) is 9.78. The van der Waals surface area contributed by atoms with E-state index in [-0.39, 0.29) is 29.7 Å². The summed E-state index contributed by atoms with van der Waals surface area (Å²) in [6.07, 6.45) is -4.55. The number of para-hydroxylation sites is 2. The first-order chi connectivity index (χ1) is 8.90. The molecule has 19 heavy (non-hydrogen) atoms. The second-order valence-corrected chi connectivity index (χ2v) is 4.55. The maximum Gasteiger partial charge on any atom is 0.573 e. The summed E-state index contributed by atoms with van der Waals surface area (Å²) in [5.41, 5.74) is 0.123. The standard InChI is InChI=1S/C12H11ClF3NO2/c13-6-8-5-11(18)17(7-8)9-3-1-2-4-10(9)19-12(14,15)16/h1-4,8H,5-7H2. The molecule has 0 N–H and O–H groups in total. The maximum absolute atomic E-state index is 12.3. The van der Waals surface area contributed by atoms with Crippen LogP contribution in [-0.2, 0) is 4.79 Å². The Balaban J connectivity index is 2.27. The van der Waals surface area contributed by atoms with E-state index in [4.69, 9.17) is 11.6 Å². The van der Waals surface area contributed by atoms with Crippen molar-refractivity contribution in [1.29, 1.82) is 0 Å². The SMILES string of the molecule is O=C1CC(CCl)CN1c1ccccc1OC(F)(F)F. The highest BCUT2D eigenvalue weighted by Crippen LogP contribution is 2.36. The quantitative estimate of drug-likeness (QED) is 0.801. The highest BCUT2D eigenvalue weighted by Gasteiger charge is 2.35. The lowest BCUT2D eigenvalue weighted by atomic mass is 10.1. The maximum atomic E-state index is 12.3. The Kier molecular flexibility index (Phi) is 3.89. The molecule has 0 aliphatic carbocycles. The van der Waals surface area contributed by atoms with Gasteiger partial charge in [0.25, 0.3) is 0 Å². The van der Waals surface area contributed by atoms with Gasteiger partial charge in [-0.1, -0.05) is 12.1 Å². The van der Waals surface area contributed by atoms with E-state index in [0.717, 1.165) is 0 Å². The Morgan fingerprint density at radius 3 is 2.63 bits per heavy atom. The van der Waals surface area contributed by atoms with Gasteiger partial charge in [0, 0.05) is 18.8 Å². The Morgan fingerprint density at radius 1 is 1.37 bits per heavy atom. The first-order valence-corrected chi connectivity index (χ1v) is 6.15. The van der Waals surface area contributed by atoms with Crippen LogP contribution >= 0.6 is 11.6 Å². The Bertz CT molecular complexity index is 478. The summed E-state index contributed by atoms with van der Waals surface area (Å²) >= 11 is 5.68. The highest BCUT2D eigenvalue weighted by molar-refractivity contribution is 6.18. The van der Waals surface area contributed by atoms with E-state index in [2.05, 4.69) is 4.74 Å². The van der Waals surface area contributed by atoms with E-state index in [1.807, 2.05) is 0 Å². The minimum atomic E-state index is -4.79. The number of hydrogen-bond donors (Lipinski definition) is 0. The van der Waals surface area contributed by atoms with Crippen LogP contribution in [0.2, 0.25) is 0 Å². The number of halogens is 4. The lowest BCUT2D eigenvalue weighted by molar-refractivity contribution is -0.274. The van der Waals surface area contributed by atoms with Gasteiger partial charge in [0.2, 0.25) is 5.91 Å². The van der Waals surface area contributed by atoms with Gasteiger partial charge in [0.15, 0.2) is 5.75 Å². The van der Waals surface area contributed by atoms with Gasteiger partial charge in [-0.25, -0.2) is 0 Å². The molecule has 1 fully saturated rings. The molecule has 0 radical (unpaired) electrons. The predicted octanol–water partition coefficient (Wildman–Crippen LogP) is 3.18. The number of anilines is 1. The molecular weight excluding hydrogens is 283 g/mol. The number of hydrogen-bond acceptors (Lipinski definition) is 2. The number of carbonyl (C=O) groups is 1. The Morgan fingerprint density at radius 2 is 2.05 bits per heavy atom. The van der Waals surface area contributed by atoms with Crippen molar-refractivity contribution >= 4 is 23.2 Å². The molecule has 1 aliphatic heterocycles. The van der Waals surface area contributed by atoms with Crippen LogP contribution in [0.3, 0.4) is 0 Å². The minimum Gasteiger partial charge on any atom is -0.404 e. The van der Waals surface area contributed by atoms with Gasteiger partial charge in [-0.05, 0) is 18.1 Å². The van der Waals surface area contributed by atoms with Crippen LogP contribution < -0.4 is 9.64 Å². The van der Waals surface area contributed by atoms with Crippen LogP contribution in [-0.4, -0.2) is 24.7 Å². The number of amides is 1. The zero-order chi connectivity index (χ0) is 14.0. The number of benzene rings is 1. The van der Waals surface area contributed by atoms with Crippen molar-refractivity contribution < 1.29 is 22.7 Å². The monoisotopic (exact) mass is 293 g/mol. The molecule has 1 unspecified atom stereocenters. The summed E-state index contributed by atoms with van der Waals surface area (Å²) in [5, 5.41) is 0. The normalized spacial score (nSPS) is 19.9. The van der Waals surface area contributed by atoms with Gasteiger partial charge in [-0.3, -0.25) is 4.79 Å². The molecule has 0 spiro atoms. The van der Waals surface area contributed by atoms with E-state index < -0.39 is 6.36 Å². The molecule has 1 heterocycles. The van der Waals surface area contributed by atoms with E-state index in [0.29, 0.717) is 12.4 Å². The second-order valence-electron chi connectivity index (χ2n) is 4.24. The van der Waals surface area contributed by atoms with Crippen LogP contribution in [0, 0.1) is 5.92 Å². The fourth-order valence-corrected chi connectivity index (χ4v) is 2.22. The molecule has 1 aromatic carbocycles. The number of rotatable bonds is 3. The lowest BCUT2D eigenvalue weighted by Gasteiger charge is -2.20. The number of alkyl halides is 4. The van der Waals surface area contributed by atoms with Crippen molar-refractivity contribution in [3.63, 3.8) is 0 Å². The zero-order valence-corrected chi connectivity index (χ0v) is 10.5. The fraction of sp³-hybridized carbons (Fsp3) is 0.417. The Hall–Kier alpha value is -1.43. The molecule has 0 aromatic heterocycles. The highest BCUT2D eigenvalue weighted by atomic mass is 35.5. The molecule has 1 saturated heterocycles. The molecule has 104 valence electrons. The van der Waals surface area contributed by atoms with E-state index in [1.54, 1.807) is 6.07 Å². The van der Waals surface area contributed by atoms with Crippen molar-refractivity contribution in [3.8, 4) is 5.75 Å². The summed E-state index contributed by atoms with van der Waals surface area (Å²) in [6.45, 7) is 0.306. The first kappa shape index (κ1) is 14.0. The van der Waals surface area contributed by atoms with Crippen molar-refractivity contribution in [2.24, 2.45) is 5.92 Å². The third kappa shape index (κ3) is 3.32. The summed E-state index contributed by atoms with van der Waals surface area (Å²) < 4.78 is 40.8. The first-order valence-electron chi connectivity index (χ1n) is 5.62. The summed E-state index contributed by atoms with van der Waals surface area (Å²) in [4.78, 5) is 13.1. The van der Waals surface area contributed by atoms with Gasteiger partial charge >= 0.3 is 6.36 Å². The largest absolute Gasteiger partial charge is 0.573 e. The predicted molar refractivity (Wildman–Crippen MR) is 64.3 cm³/mol. The van der Waals surface area contributed by atoms with Crippen LogP contribution in [0.5, 0.6) is 5.75 Å². The van der Waals surface area contributed by atoms with Gasteiger partial charge in [-0.15, -0.1) is 24.8 Å². The number of nitrogens with zero attached hydrogens (tertiary/aromatic N) is 1. The van der Waals surface area contributed by atoms with E-state index >= 15 is 0 Å². The van der Waals surface area contributed by atoms with Crippen molar-refractivity contribution in [2.45, 2.75) is 12.8 Å². The molecule has 2 rings (SSSR count). The molecule has 0 bridgehead atoms. The third-order valence-corrected chi connectivity index (χ3v) is 3.24. The van der Waals surface area contributed by atoms with E-state index in [9.17, 15) is 18.0 Å². The third-order valence-electron chi connectivity index (χ3n) is 2.81. The number of ether oxygens (including phenoxy) is 1. The molecule has 7 heteroatoms. The average molecular weight is 294 g/mol. The molecular formula is C12H11ClF3NO2. The van der Waals surface area contributed by atoms with Crippen LogP contribution in [0.4, 0.5) is 18.9 Å². The van der Waals surface area contributed by atoms with Crippen molar-refractivity contribution in [3.05, 3.63) is 24.3 Å². The fourth-order valence-electron chi connectivity index (χ4n) is 2.01. The van der Waals surface area contributed by atoms with Crippen LogP contribution in [0.15, 0.2) is 24.3 Å². The van der Waals surface area contributed by atoms with Crippen molar-refractivity contribution in [2.75, 3.05) is 17.3 Å². The summed E-state index contributed by atoms with van der Waals surface area (Å²) in [6, 6.07) is 5.59. The second kappa shape index (κ2) is 5.28. The smallest absolute Gasteiger partial charge is 0.404 e. The molecule has 1 aliphatic rings. The van der Waals surface area contributed by atoms with Crippen LogP contribution in [0.25, 0.3) is 0 Å². The summed E-state index contributed by atoms with van der Waals surface area (Å²) in [5.74, 6) is -0.375. The van der Waals surface area contributed by atoms with Gasteiger partial charge in [0.1, 0.15) is 0 Å². The minimum absolute atomic E-state index is 0.0480. The molecule has 1 aromatic rings. The molecule has 1 amide bonds. The van der Waals surface area contributed by atoms with Gasteiger partial charge in [0.05, 0.1) is 5.69 Å². The van der Waals surface area contributed by atoms with E-state index in [1.165, 1.54) is 23.1 Å². The van der Waals surface area contributed by atoms with Gasteiger partial charge < -0.3 is 9.64 Å². The lowest BCUT2D eigenvalue weighted by Crippen LogP contribution is -2.27. The van der Waals surface area contributed by atoms with Crippen LogP contribution in [0.1, 0.15) is 6.42 Å². The summed E-state index contributed by atoms with van der Waals surface area (Å²) in [7, 11) is 0. The average Bonchev–Trinajstić information content (AvgIpc) is 2.69. The molecule has 1 atom stereocenters. The topological polar surface area (TPSA) is 29.5 Å². The number of carbonyl (C=O) groups excluding carboxylic acids is 1. The Labute approximate surface area is 112 Å². The molecule has 0 saturated carbocycles.